The molecule has 16 heavy (non-hydrogen) atoms. The first-order valence-corrected chi connectivity index (χ1v) is 5.70. The number of H-pyrrole nitrogens is 1. The Labute approximate surface area is 102 Å². The lowest BCUT2D eigenvalue weighted by atomic mass is 10.1. The van der Waals surface area contributed by atoms with E-state index >= 15 is 0 Å². The summed E-state index contributed by atoms with van der Waals surface area (Å²) in [4.78, 5) is 15.0. The van der Waals surface area contributed by atoms with Crippen molar-refractivity contribution in [1.29, 1.82) is 0 Å². The molecule has 1 amide bonds. The van der Waals surface area contributed by atoms with Gasteiger partial charge in [-0.1, -0.05) is 23.2 Å². The standard InChI is InChI=1S/C11H8Cl2N2O/c12-5-3-6-9-8(1-2-14-11(9)16)15-10(6)7(13)4-5/h3-4,15H,1-2H2,(H,14,16). The molecule has 82 valence electrons. The molecule has 0 aliphatic carbocycles. The molecule has 0 spiro atoms. The highest BCUT2D eigenvalue weighted by Gasteiger charge is 2.23. The third kappa shape index (κ3) is 1.32. The minimum absolute atomic E-state index is 0.0640. The first-order chi connectivity index (χ1) is 7.66. The maximum Gasteiger partial charge on any atom is 0.253 e. The summed E-state index contributed by atoms with van der Waals surface area (Å²) in [5, 5.41) is 4.69. The monoisotopic (exact) mass is 254 g/mol. The van der Waals surface area contributed by atoms with E-state index in [4.69, 9.17) is 23.2 Å². The molecule has 2 heterocycles. The number of aromatic amines is 1. The molecule has 0 saturated heterocycles. The Bertz CT molecular complexity index is 604. The minimum Gasteiger partial charge on any atom is -0.356 e. The molecule has 0 bridgehead atoms. The van der Waals surface area contributed by atoms with Gasteiger partial charge in [-0.25, -0.2) is 0 Å². The van der Waals surface area contributed by atoms with Gasteiger partial charge in [-0.2, -0.15) is 0 Å². The van der Waals surface area contributed by atoms with E-state index in [1.165, 1.54) is 0 Å². The van der Waals surface area contributed by atoms with Crippen LogP contribution in [0.25, 0.3) is 10.9 Å². The molecule has 1 aliphatic heterocycles. The van der Waals surface area contributed by atoms with Crippen LogP contribution in [0.3, 0.4) is 0 Å². The summed E-state index contributed by atoms with van der Waals surface area (Å²) in [7, 11) is 0. The van der Waals surface area contributed by atoms with Crippen LogP contribution >= 0.6 is 23.2 Å². The first-order valence-electron chi connectivity index (χ1n) is 4.94. The summed E-state index contributed by atoms with van der Waals surface area (Å²) < 4.78 is 0. The van der Waals surface area contributed by atoms with Gasteiger partial charge in [0.25, 0.3) is 5.91 Å². The van der Waals surface area contributed by atoms with Gasteiger partial charge in [0, 0.05) is 29.1 Å². The molecule has 1 aromatic heterocycles. The van der Waals surface area contributed by atoms with Gasteiger partial charge >= 0.3 is 0 Å². The SMILES string of the molecule is O=C1NCCc2[nH]c3c(Cl)cc(Cl)cc3c21. The topological polar surface area (TPSA) is 44.9 Å². The molecule has 0 unspecified atom stereocenters. The Morgan fingerprint density at radius 1 is 1.25 bits per heavy atom. The third-order valence-corrected chi connectivity index (χ3v) is 3.31. The van der Waals surface area contributed by atoms with Crippen LogP contribution in [0.1, 0.15) is 16.1 Å². The highest BCUT2D eigenvalue weighted by atomic mass is 35.5. The molecule has 2 aromatic rings. The van der Waals surface area contributed by atoms with Crippen LogP contribution in [0, 0.1) is 0 Å². The maximum atomic E-state index is 11.8. The number of fused-ring (bicyclic) bond motifs is 3. The van der Waals surface area contributed by atoms with Gasteiger partial charge in [-0.3, -0.25) is 4.79 Å². The van der Waals surface area contributed by atoms with Crippen molar-refractivity contribution in [2.45, 2.75) is 6.42 Å². The smallest absolute Gasteiger partial charge is 0.253 e. The largest absolute Gasteiger partial charge is 0.356 e. The summed E-state index contributed by atoms with van der Waals surface area (Å²) >= 11 is 12.0. The molecule has 1 aromatic carbocycles. The van der Waals surface area contributed by atoms with Crippen LogP contribution in [-0.4, -0.2) is 17.4 Å². The van der Waals surface area contributed by atoms with Gasteiger partial charge in [-0.05, 0) is 12.1 Å². The van der Waals surface area contributed by atoms with Crippen molar-refractivity contribution < 1.29 is 4.79 Å². The van der Waals surface area contributed by atoms with E-state index in [1.807, 2.05) is 0 Å². The number of hydrogen-bond acceptors (Lipinski definition) is 1. The van der Waals surface area contributed by atoms with E-state index in [1.54, 1.807) is 12.1 Å². The van der Waals surface area contributed by atoms with Crippen LogP contribution in [-0.2, 0) is 6.42 Å². The zero-order valence-corrected chi connectivity index (χ0v) is 9.74. The second kappa shape index (κ2) is 3.40. The van der Waals surface area contributed by atoms with Crippen LogP contribution in [0.4, 0.5) is 0 Å². The summed E-state index contributed by atoms with van der Waals surface area (Å²) in [6.45, 7) is 0.657. The maximum absolute atomic E-state index is 11.8. The molecule has 2 N–H and O–H groups in total. The van der Waals surface area contributed by atoms with E-state index in [-0.39, 0.29) is 5.91 Å². The fraction of sp³-hybridized carbons (Fsp3) is 0.182. The number of halogens is 2. The number of aromatic nitrogens is 1. The van der Waals surface area contributed by atoms with E-state index in [9.17, 15) is 4.79 Å². The molecule has 3 rings (SSSR count). The zero-order valence-electron chi connectivity index (χ0n) is 8.23. The average Bonchev–Trinajstić information content (AvgIpc) is 2.58. The number of rotatable bonds is 0. The van der Waals surface area contributed by atoms with Gasteiger partial charge in [0.05, 0.1) is 16.1 Å². The predicted molar refractivity (Wildman–Crippen MR) is 64.4 cm³/mol. The molecule has 0 saturated carbocycles. The Kier molecular flexibility index (Phi) is 2.13. The Balaban J connectivity index is 2.42. The van der Waals surface area contributed by atoms with Crippen LogP contribution < -0.4 is 5.32 Å². The van der Waals surface area contributed by atoms with Crippen LogP contribution in [0.2, 0.25) is 10.0 Å². The Hall–Kier alpha value is -1.19. The van der Waals surface area contributed by atoms with Crippen molar-refractivity contribution in [2.24, 2.45) is 0 Å². The van der Waals surface area contributed by atoms with Gasteiger partial charge < -0.3 is 10.3 Å². The predicted octanol–water partition coefficient (Wildman–Crippen LogP) is 2.76. The number of carbonyl (C=O) groups excluding carboxylic acids is 1. The van der Waals surface area contributed by atoms with Crippen LogP contribution in [0.15, 0.2) is 12.1 Å². The normalized spacial score (nSPS) is 15.0. The van der Waals surface area contributed by atoms with Crippen molar-refractivity contribution in [2.75, 3.05) is 6.54 Å². The summed E-state index contributed by atoms with van der Waals surface area (Å²) in [6, 6.07) is 3.44. The van der Waals surface area contributed by atoms with Gasteiger partial charge in [0.15, 0.2) is 0 Å². The Morgan fingerprint density at radius 3 is 2.88 bits per heavy atom. The highest BCUT2D eigenvalue weighted by molar-refractivity contribution is 6.39. The fourth-order valence-electron chi connectivity index (χ4n) is 2.11. The van der Waals surface area contributed by atoms with Crippen molar-refractivity contribution in [3.8, 4) is 0 Å². The molecular weight excluding hydrogens is 247 g/mol. The van der Waals surface area contributed by atoms with Gasteiger partial charge in [0.1, 0.15) is 0 Å². The molecular formula is C11H8Cl2N2O. The van der Waals surface area contributed by atoms with E-state index in [2.05, 4.69) is 10.3 Å². The number of nitrogens with one attached hydrogen (secondary N) is 2. The van der Waals surface area contributed by atoms with E-state index in [0.717, 1.165) is 23.0 Å². The van der Waals surface area contributed by atoms with E-state index in [0.29, 0.717) is 22.2 Å². The number of carbonyl (C=O) groups is 1. The molecule has 1 aliphatic rings. The lowest BCUT2D eigenvalue weighted by Crippen LogP contribution is -2.31. The summed E-state index contributed by atoms with van der Waals surface area (Å²) in [5.41, 5.74) is 2.39. The lowest BCUT2D eigenvalue weighted by molar-refractivity contribution is 0.0947. The molecule has 0 atom stereocenters. The molecule has 3 nitrogen and oxygen atoms in total. The summed E-state index contributed by atoms with van der Waals surface area (Å²) in [6.07, 6.45) is 0.795. The lowest BCUT2D eigenvalue weighted by Gasteiger charge is -2.11. The van der Waals surface area contributed by atoms with Gasteiger partial charge in [-0.15, -0.1) is 0 Å². The van der Waals surface area contributed by atoms with Crippen molar-refractivity contribution in [3.05, 3.63) is 33.4 Å². The second-order valence-corrected chi connectivity index (χ2v) is 4.64. The highest BCUT2D eigenvalue weighted by Crippen LogP contribution is 2.32. The van der Waals surface area contributed by atoms with E-state index < -0.39 is 0 Å². The fourth-order valence-corrected chi connectivity index (χ4v) is 2.65. The van der Waals surface area contributed by atoms with Crippen molar-refractivity contribution >= 4 is 40.0 Å². The number of benzene rings is 1. The van der Waals surface area contributed by atoms with Crippen molar-refractivity contribution in [3.63, 3.8) is 0 Å². The number of amides is 1. The minimum atomic E-state index is -0.0640. The average molecular weight is 255 g/mol. The molecule has 5 heteroatoms. The number of hydrogen-bond donors (Lipinski definition) is 2. The zero-order chi connectivity index (χ0) is 11.3. The van der Waals surface area contributed by atoms with Crippen molar-refractivity contribution in [1.82, 2.24) is 10.3 Å². The molecule has 0 fully saturated rings. The van der Waals surface area contributed by atoms with Crippen LogP contribution in [0.5, 0.6) is 0 Å². The Morgan fingerprint density at radius 2 is 2.06 bits per heavy atom. The van der Waals surface area contributed by atoms with Gasteiger partial charge in [0.2, 0.25) is 0 Å². The third-order valence-electron chi connectivity index (χ3n) is 2.79. The first kappa shape index (κ1) is 10.00. The second-order valence-electron chi connectivity index (χ2n) is 3.79. The quantitative estimate of drug-likeness (QED) is 0.746. The summed E-state index contributed by atoms with van der Waals surface area (Å²) in [5.74, 6) is -0.0640. The molecule has 0 radical (unpaired) electrons.